The van der Waals surface area contributed by atoms with E-state index in [2.05, 4.69) is 5.10 Å². The lowest BCUT2D eigenvalue weighted by Crippen LogP contribution is -2.42. The van der Waals surface area contributed by atoms with Crippen molar-refractivity contribution in [2.24, 2.45) is 4.99 Å². The van der Waals surface area contributed by atoms with Gasteiger partial charge in [0.05, 0.1) is 23.5 Å². The zero-order valence-corrected chi connectivity index (χ0v) is 20.6. The summed E-state index contributed by atoms with van der Waals surface area (Å²) >= 11 is 0. The van der Waals surface area contributed by atoms with Gasteiger partial charge in [0, 0.05) is 23.4 Å². The smallest absolute Gasteiger partial charge is 0.305 e. The Balaban J connectivity index is 0.00000320. The minimum absolute atomic E-state index is 0. The maximum atomic E-state index is 14.3. The largest absolute Gasteiger partial charge is 0.419 e. The molecule has 2 heterocycles. The summed E-state index contributed by atoms with van der Waals surface area (Å²) in [6.07, 6.45) is -3.33. The number of fused-ring (bicyclic) bond motifs is 1. The summed E-state index contributed by atoms with van der Waals surface area (Å²) in [7, 11) is 0. The van der Waals surface area contributed by atoms with Gasteiger partial charge in [-0.25, -0.2) is 9.38 Å². The Morgan fingerprint density at radius 2 is 1.57 bits per heavy atom. The molecule has 1 aliphatic rings. The highest BCUT2D eigenvalue weighted by atomic mass is 32.1. The van der Waals surface area contributed by atoms with Crippen molar-refractivity contribution in [2.75, 3.05) is 11.4 Å². The van der Waals surface area contributed by atoms with Gasteiger partial charge in [-0.2, -0.15) is 31.8 Å². The number of benzene rings is 3. The molecule has 0 bridgehead atoms. The molecular weight excluding hydrogens is 504 g/mol. The number of hydrogen-bond acceptors (Lipinski definition) is 3. The average molecular weight is 527 g/mol. The molecule has 1 aromatic heterocycles. The molecule has 4 aromatic rings. The van der Waals surface area contributed by atoms with Crippen LogP contribution in [0, 0.1) is 5.82 Å². The molecule has 0 saturated heterocycles. The van der Waals surface area contributed by atoms with Crippen molar-refractivity contribution in [3.8, 4) is 0 Å². The lowest BCUT2D eigenvalue weighted by atomic mass is 10.0. The summed E-state index contributed by atoms with van der Waals surface area (Å²) in [5.74, 6) is -1.96. The molecule has 0 aliphatic carbocycles. The molecule has 0 radical (unpaired) electrons. The van der Waals surface area contributed by atoms with E-state index in [4.69, 9.17) is 4.99 Å². The normalized spacial score (nSPS) is 15.1. The van der Waals surface area contributed by atoms with Crippen molar-refractivity contribution < 1.29 is 22.4 Å². The monoisotopic (exact) mass is 526 g/mol. The molecule has 0 spiro atoms. The van der Waals surface area contributed by atoms with Crippen molar-refractivity contribution >= 4 is 36.5 Å². The van der Waals surface area contributed by atoms with E-state index in [-0.39, 0.29) is 37.5 Å². The van der Waals surface area contributed by atoms with Crippen LogP contribution >= 0.6 is 13.5 Å². The molecule has 1 atom stereocenters. The van der Waals surface area contributed by atoms with E-state index in [9.17, 15) is 22.4 Å². The third kappa shape index (κ3) is 5.01. The molecule has 37 heavy (non-hydrogen) atoms. The van der Waals surface area contributed by atoms with E-state index in [1.807, 2.05) is 67.6 Å². The second-order valence-corrected chi connectivity index (χ2v) is 8.44. The van der Waals surface area contributed by atoms with Crippen LogP contribution in [0.2, 0.25) is 0 Å². The Morgan fingerprint density at radius 3 is 2.11 bits per heavy atom. The minimum Gasteiger partial charge on any atom is -0.305 e. The second kappa shape index (κ2) is 10.2. The summed E-state index contributed by atoms with van der Waals surface area (Å²) < 4.78 is 54.9. The minimum atomic E-state index is -4.83. The lowest BCUT2D eigenvalue weighted by Gasteiger charge is -2.32. The number of halogens is 4. The quantitative estimate of drug-likeness (QED) is 0.224. The number of anilines is 1. The Bertz CT molecular complexity index is 1410. The average Bonchev–Trinajstić information content (AvgIpc) is 3.30. The van der Waals surface area contributed by atoms with Gasteiger partial charge >= 0.3 is 6.18 Å². The number of carbonyl (C=O) groups is 1. The van der Waals surface area contributed by atoms with Gasteiger partial charge in [0.15, 0.2) is 5.69 Å². The highest BCUT2D eigenvalue weighted by Gasteiger charge is 2.37. The van der Waals surface area contributed by atoms with Crippen molar-refractivity contribution in [3.63, 3.8) is 0 Å². The number of rotatable bonds is 4. The first kappa shape index (κ1) is 26.2. The maximum absolute atomic E-state index is 14.3. The van der Waals surface area contributed by atoms with E-state index in [0.717, 1.165) is 23.3 Å². The molecule has 0 N–H and O–H groups in total. The molecule has 0 unspecified atom stereocenters. The third-order valence-corrected chi connectivity index (χ3v) is 5.98. The number of nitrogens with zero attached hydrogens (tertiary/aromatic N) is 4. The predicted molar refractivity (Wildman–Crippen MR) is 139 cm³/mol. The first-order valence-corrected chi connectivity index (χ1v) is 11.2. The lowest BCUT2D eigenvalue weighted by molar-refractivity contribution is -0.139. The summed E-state index contributed by atoms with van der Waals surface area (Å²) in [5, 5.41) is 4.36. The van der Waals surface area contributed by atoms with Crippen LogP contribution in [0.1, 0.15) is 40.1 Å². The van der Waals surface area contributed by atoms with Gasteiger partial charge in [-0.3, -0.25) is 9.48 Å². The van der Waals surface area contributed by atoms with Gasteiger partial charge in [-0.15, -0.1) is 0 Å². The zero-order valence-electron chi connectivity index (χ0n) is 19.6. The molecule has 1 aliphatic heterocycles. The van der Waals surface area contributed by atoms with Crippen molar-refractivity contribution in [3.05, 3.63) is 113 Å². The van der Waals surface area contributed by atoms with Crippen LogP contribution in [0.4, 0.5) is 28.9 Å². The summed E-state index contributed by atoms with van der Waals surface area (Å²) in [5.41, 5.74) is 1.44. The van der Waals surface area contributed by atoms with Crippen molar-refractivity contribution in [1.29, 1.82) is 0 Å². The molecular formula is C27H22F4N4OS. The second-order valence-electron chi connectivity index (χ2n) is 8.44. The first-order chi connectivity index (χ1) is 17.2. The topological polar surface area (TPSA) is 50.5 Å². The van der Waals surface area contributed by atoms with E-state index in [1.165, 1.54) is 11.1 Å². The number of carbonyl (C=O) groups excluding carboxylic acids is 1. The SMILES string of the molecule is C[C@H]1CN(c2ccc(C(F)(F)F)c(F)c2)C(=O)c2c(N=C(c3ccccc3)c3ccccc3)cnn21.S. The summed E-state index contributed by atoms with van der Waals surface area (Å²) in [6, 6.07) is 21.1. The fourth-order valence-corrected chi connectivity index (χ4v) is 4.26. The van der Waals surface area contributed by atoms with Gasteiger partial charge in [0.2, 0.25) is 0 Å². The molecule has 10 heteroatoms. The Labute approximate surface area is 217 Å². The van der Waals surface area contributed by atoms with Crippen molar-refractivity contribution in [1.82, 2.24) is 9.78 Å². The number of aromatic nitrogens is 2. The van der Waals surface area contributed by atoms with Crippen LogP contribution in [-0.4, -0.2) is 27.9 Å². The first-order valence-electron chi connectivity index (χ1n) is 11.2. The highest BCUT2D eigenvalue weighted by Crippen LogP contribution is 2.36. The van der Waals surface area contributed by atoms with Crippen LogP contribution in [0.3, 0.4) is 0 Å². The maximum Gasteiger partial charge on any atom is 0.419 e. The van der Waals surface area contributed by atoms with Gasteiger partial charge < -0.3 is 4.90 Å². The molecule has 0 saturated carbocycles. The molecule has 3 aromatic carbocycles. The Morgan fingerprint density at radius 1 is 0.973 bits per heavy atom. The van der Waals surface area contributed by atoms with Crippen LogP contribution < -0.4 is 4.90 Å². The number of hydrogen-bond donors (Lipinski definition) is 0. The molecule has 190 valence electrons. The number of alkyl halides is 3. The molecule has 5 nitrogen and oxygen atoms in total. The van der Waals surface area contributed by atoms with E-state index in [0.29, 0.717) is 17.5 Å². The Kier molecular flexibility index (Phi) is 7.22. The van der Waals surface area contributed by atoms with E-state index >= 15 is 0 Å². The van der Waals surface area contributed by atoms with Crippen LogP contribution in [0.15, 0.2) is 90.1 Å². The Hall–Kier alpha value is -3.92. The van der Waals surface area contributed by atoms with Crippen LogP contribution in [0.5, 0.6) is 0 Å². The molecule has 5 rings (SSSR count). The van der Waals surface area contributed by atoms with E-state index in [1.54, 1.807) is 4.68 Å². The fraction of sp³-hybridized carbons (Fsp3) is 0.148. The fourth-order valence-electron chi connectivity index (χ4n) is 4.26. The molecule has 1 amide bonds. The highest BCUT2D eigenvalue weighted by molar-refractivity contribution is 7.59. The predicted octanol–water partition coefficient (Wildman–Crippen LogP) is 6.54. The number of amides is 1. The van der Waals surface area contributed by atoms with Gasteiger partial charge in [0.25, 0.3) is 5.91 Å². The van der Waals surface area contributed by atoms with Crippen molar-refractivity contribution in [2.45, 2.75) is 19.1 Å². The van der Waals surface area contributed by atoms with E-state index < -0.39 is 23.5 Å². The summed E-state index contributed by atoms with van der Waals surface area (Å²) in [4.78, 5) is 19.6. The van der Waals surface area contributed by atoms with Crippen LogP contribution in [-0.2, 0) is 6.18 Å². The van der Waals surface area contributed by atoms with Crippen LogP contribution in [0.25, 0.3) is 0 Å². The zero-order chi connectivity index (χ0) is 25.4. The van der Waals surface area contributed by atoms with Gasteiger partial charge in [-0.1, -0.05) is 60.7 Å². The van der Waals surface area contributed by atoms with Gasteiger partial charge in [-0.05, 0) is 25.1 Å². The number of aliphatic imine (C=N–C) groups is 1. The standard InChI is InChI=1S/C27H20F4N4O.H2S/c1-17-16-34(20-12-13-21(22(28)14-20)27(29,30)31)26(36)25-23(15-32-35(17)25)33-24(18-8-4-2-5-9-18)19-10-6-3-7-11-19;/h2-15,17H,16H2,1H3;1H2/t17-;/m0./s1. The van der Waals surface area contributed by atoms with Gasteiger partial charge in [0.1, 0.15) is 11.5 Å². The molecule has 0 fully saturated rings. The third-order valence-electron chi connectivity index (χ3n) is 5.98. The summed E-state index contributed by atoms with van der Waals surface area (Å²) in [6.45, 7) is 1.94.